The van der Waals surface area contributed by atoms with E-state index in [2.05, 4.69) is 13.2 Å². The van der Waals surface area contributed by atoms with Gasteiger partial charge >= 0.3 is 0 Å². The van der Waals surface area contributed by atoms with E-state index in [4.69, 9.17) is 24.1 Å². The molecular formula is C74H126O24. The van der Waals surface area contributed by atoms with E-state index in [9.17, 15) is 96.7 Å². The monoisotopic (exact) mass is 1400 g/mol. The summed E-state index contributed by atoms with van der Waals surface area (Å²) in [6, 6.07) is 0. The standard InChI is InChI=1S/C74H126O24/c1-7-8-9-10-11-12-13-14-15-16-17-18-30-57(81)68(90)73-71(93)63(87)43-65(98-73)72(94)67(89)47(4)31-34-56(80)64-42-62(86)70(92)74(97-64)69(91)60(84)37-46(3)35-49(76)32-33-50(77)41-61(85)66(88)48(5)38-59(83)58(82)36-45(2)24-19-21-27-54(95-6)39-52(79)40-55-29-23-28-53(96-55)26-22-20-25-51(78)44-75/h7,10-15,18-19,24,30,37,45,48-51,53-78,80-94H,1,4,8-9,16-17,20-23,25-29,31-36,38-44H2,2-3,5-6H3. The molecule has 24 nitrogen and oxygen atoms in total. The molecule has 0 aliphatic carbocycles. The van der Waals surface area contributed by atoms with Crippen LogP contribution in [0, 0.1) is 11.8 Å². The van der Waals surface area contributed by atoms with Gasteiger partial charge in [0.25, 0.3) is 0 Å². The minimum absolute atomic E-state index is 0.00100. The van der Waals surface area contributed by atoms with E-state index in [-0.39, 0.29) is 113 Å². The number of carbonyl (C=O) groups excluding carboxylic acids is 1. The zero-order chi connectivity index (χ0) is 73.0. The zero-order valence-corrected chi connectivity index (χ0v) is 58.4. The van der Waals surface area contributed by atoms with Crippen molar-refractivity contribution in [2.45, 2.75) is 334 Å². The van der Waals surface area contributed by atoms with E-state index < -0.39 is 140 Å². The summed E-state index contributed by atoms with van der Waals surface area (Å²) in [6.07, 6.45) is -1.20. The summed E-state index contributed by atoms with van der Waals surface area (Å²) in [6.45, 7) is 12.3. The Bertz CT molecular complexity index is 2370. The van der Waals surface area contributed by atoms with Crippen LogP contribution in [-0.4, -0.2) is 269 Å². The Morgan fingerprint density at radius 2 is 1.17 bits per heavy atom. The lowest BCUT2D eigenvalue weighted by atomic mass is 9.87. The number of ketones is 1. The first kappa shape index (κ1) is 88.9. The Morgan fingerprint density at radius 3 is 1.82 bits per heavy atom. The van der Waals surface area contributed by atoms with Crippen molar-refractivity contribution in [2.75, 3.05) is 13.7 Å². The summed E-state index contributed by atoms with van der Waals surface area (Å²) in [4.78, 5) is 13.0. The highest BCUT2D eigenvalue weighted by Crippen LogP contribution is 2.33. The van der Waals surface area contributed by atoms with E-state index in [1.165, 1.54) is 12.2 Å². The average Bonchev–Trinajstić information content (AvgIpc) is 0.817. The van der Waals surface area contributed by atoms with Crippen LogP contribution in [0.25, 0.3) is 0 Å². The van der Waals surface area contributed by atoms with Crippen LogP contribution in [0.3, 0.4) is 0 Å². The number of hydrogen-bond acceptors (Lipinski definition) is 24. The molecule has 0 radical (unpaired) electrons. The van der Waals surface area contributed by atoms with Crippen LogP contribution >= 0.6 is 0 Å². The molecule has 3 fully saturated rings. The lowest BCUT2D eigenvalue weighted by molar-refractivity contribution is -0.234. The molecule has 0 spiro atoms. The van der Waals surface area contributed by atoms with Gasteiger partial charge in [0.2, 0.25) is 0 Å². The van der Waals surface area contributed by atoms with E-state index in [1.807, 2.05) is 61.6 Å². The molecule has 3 rings (SSSR count). The summed E-state index contributed by atoms with van der Waals surface area (Å²) in [7, 11) is 1.58. The Kier molecular flexibility index (Phi) is 44.1. The second-order valence-electron chi connectivity index (χ2n) is 27.8. The Balaban J connectivity index is 1.38. The van der Waals surface area contributed by atoms with E-state index >= 15 is 0 Å². The fourth-order valence-electron chi connectivity index (χ4n) is 12.9. The summed E-state index contributed by atoms with van der Waals surface area (Å²) >= 11 is 0. The van der Waals surface area contributed by atoms with Crippen molar-refractivity contribution < 1.29 is 121 Å². The highest BCUT2D eigenvalue weighted by Gasteiger charge is 2.47. The molecule has 0 saturated carbocycles. The Hall–Kier alpha value is -3.33. The van der Waals surface area contributed by atoms with Crippen molar-refractivity contribution in [1.29, 1.82) is 0 Å². The van der Waals surface area contributed by atoms with Gasteiger partial charge in [0.1, 0.15) is 66.8 Å². The molecule has 0 aromatic carbocycles. The van der Waals surface area contributed by atoms with Gasteiger partial charge < -0.3 is 116 Å². The lowest BCUT2D eigenvalue weighted by Crippen LogP contribution is -2.59. The van der Waals surface area contributed by atoms with Crippen LogP contribution in [0.15, 0.2) is 97.2 Å². The van der Waals surface area contributed by atoms with Crippen molar-refractivity contribution >= 4 is 5.78 Å². The number of hydrogen-bond donors (Lipinski definition) is 19. The van der Waals surface area contributed by atoms with Crippen LogP contribution in [0.4, 0.5) is 0 Å². The first-order valence-electron chi connectivity index (χ1n) is 35.7. The van der Waals surface area contributed by atoms with Crippen molar-refractivity contribution in [3.8, 4) is 0 Å². The molecule has 24 heteroatoms. The fraction of sp³-hybridized carbons (Fsp3) is 0.770. The summed E-state index contributed by atoms with van der Waals surface area (Å²) in [5.41, 5.74) is 0.389. The largest absolute Gasteiger partial charge is 0.394 e. The number of aliphatic hydroxyl groups excluding tert-OH is 19. The second kappa shape index (κ2) is 48.6. The Labute approximate surface area is 581 Å². The topological polar surface area (TPSA) is 438 Å². The molecule has 0 aromatic rings. The van der Waals surface area contributed by atoms with Crippen LogP contribution < -0.4 is 0 Å². The Morgan fingerprint density at radius 1 is 0.592 bits per heavy atom. The molecule has 98 heavy (non-hydrogen) atoms. The number of carbonyl (C=O) groups is 1. The highest BCUT2D eigenvalue weighted by molar-refractivity contribution is 5.79. The first-order chi connectivity index (χ1) is 46.5. The molecule has 0 aromatic heterocycles. The molecule has 27 atom stereocenters. The third-order valence-electron chi connectivity index (χ3n) is 19.1. The van der Waals surface area contributed by atoms with Crippen molar-refractivity contribution in [3.05, 3.63) is 97.2 Å². The quantitative estimate of drug-likeness (QED) is 0.0236. The van der Waals surface area contributed by atoms with Gasteiger partial charge in [-0.2, -0.15) is 0 Å². The summed E-state index contributed by atoms with van der Waals surface area (Å²) < 4.78 is 23.5. The molecule has 3 heterocycles. The van der Waals surface area contributed by atoms with Crippen LogP contribution in [0.5, 0.6) is 0 Å². The zero-order valence-electron chi connectivity index (χ0n) is 58.4. The third-order valence-corrected chi connectivity index (χ3v) is 19.1. The van der Waals surface area contributed by atoms with Gasteiger partial charge in [-0.15, -0.1) is 6.58 Å². The molecule has 19 N–H and O–H groups in total. The number of methoxy groups -OCH3 is 1. The second-order valence-corrected chi connectivity index (χ2v) is 27.8. The molecule has 0 amide bonds. The molecular weight excluding hydrogens is 1270 g/mol. The molecule has 3 aliphatic heterocycles. The molecule has 27 unspecified atom stereocenters. The van der Waals surface area contributed by atoms with Crippen molar-refractivity contribution in [2.24, 2.45) is 11.8 Å². The lowest BCUT2D eigenvalue weighted by Gasteiger charge is -2.42. The van der Waals surface area contributed by atoms with Crippen molar-refractivity contribution in [1.82, 2.24) is 0 Å². The van der Waals surface area contributed by atoms with E-state index in [1.54, 1.807) is 27.0 Å². The summed E-state index contributed by atoms with van der Waals surface area (Å²) in [5, 5.41) is 204. The number of unbranched alkanes of at least 4 members (excludes halogenated alkanes) is 3. The van der Waals surface area contributed by atoms with E-state index in [0.717, 1.165) is 51.4 Å². The van der Waals surface area contributed by atoms with Gasteiger partial charge in [0.15, 0.2) is 0 Å². The number of ether oxygens (including phenoxy) is 4. The van der Waals surface area contributed by atoms with Crippen LogP contribution in [0.2, 0.25) is 0 Å². The fourth-order valence-corrected chi connectivity index (χ4v) is 12.9. The number of allylic oxidation sites excluding steroid dienone is 10. The highest BCUT2D eigenvalue weighted by atomic mass is 16.6. The molecule has 3 aliphatic rings. The van der Waals surface area contributed by atoms with E-state index in [0.29, 0.717) is 44.1 Å². The number of rotatable bonds is 50. The van der Waals surface area contributed by atoms with Crippen LogP contribution in [-0.2, 0) is 23.7 Å². The summed E-state index contributed by atoms with van der Waals surface area (Å²) in [5.74, 6) is -0.736. The number of Topliss-reactive ketones (excluding diaryl/α,β-unsaturated/α-hetero) is 1. The predicted molar refractivity (Wildman–Crippen MR) is 370 cm³/mol. The van der Waals surface area contributed by atoms with Gasteiger partial charge in [-0.25, -0.2) is 0 Å². The molecule has 0 bridgehead atoms. The van der Waals surface area contributed by atoms with Gasteiger partial charge in [0, 0.05) is 39.2 Å². The third kappa shape index (κ3) is 33.4. The average molecular weight is 1400 g/mol. The minimum Gasteiger partial charge on any atom is -0.394 e. The number of aliphatic hydroxyl groups is 19. The molecule has 3 saturated heterocycles. The minimum atomic E-state index is -1.85. The first-order valence-corrected chi connectivity index (χ1v) is 35.7. The van der Waals surface area contributed by atoms with Crippen LogP contribution in [0.1, 0.15) is 181 Å². The smallest absolute Gasteiger partial charge is 0.138 e. The molecule has 566 valence electrons. The SMILES string of the molecule is C=CCCC=CC=CC=CCCC=CC(O)C(O)C1OC(C(O)C(O)C(=C)CCC(O)C2CC(O)C(O)C(C(O)C(O)C=C(C)CC(O)CCC(O)CC(O)C(O)C(C)CC(O)C(O)CC(C)C=CCCC(CC(=O)CC3CCCC(CCCCC(O)CO)O3)OC)O2)CC(O)C1O. The van der Waals surface area contributed by atoms with Crippen molar-refractivity contribution in [3.63, 3.8) is 0 Å². The predicted octanol–water partition coefficient (Wildman–Crippen LogP) is 2.86. The van der Waals surface area contributed by atoms with Gasteiger partial charge in [-0.05, 0) is 140 Å². The van der Waals surface area contributed by atoms with Gasteiger partial charge in [-0.1, -0.05) is 112 Å². The maximum absolute atomic E-state index is 13.0. The normalized spacial score (nSPS) is 28.4. The van der Waals surface area contributed by atoms with Gasteiger partial charge in [-0.3, -0.25) is 4.79 Å². The maximum Gasteiger partial charge on any atom is 0.138 e. The van der Waals surface area contributed by atoms with Gasteiger partial charge in [0.05, 0.1) is 98.2 Å². The maximum atomic E-state index is 13.0.